The Morgan fingerprint density at radius 1 is 1.26 bits per heavy atom. The van der Waals surface area contributed by atoms with Crippen molar-refractivity contribution < 1.29 is 24.4 Å². The largest absolute Gasteiger partial charge is 0.475 e. The predicted octanol–water partition coefficient (Wildman–Crippen LogP) is 2.91. The number of amides is 2. The summed E-state index contributed by atoms with van der Waals surface area (Å²) in [5.74, 6) is -1.29. The molecule has 1 heterocycles. The number of nitrogens with one attached hydrogen (secondary N) is 1. The first-order chi connectivity index (χ1) is 16.0. The van der Waals surface area contributed by atoms with E-state index in [1.165, 1.54) is 0 Å². The molecule has 2 amide bonds. The first-order valence-electron chi connectivity index (χ1n) is 11.8. The Hall–Kier alpha value is -2.83. The molecule has 8 nitrogen and oxygen atoms in total. The van der Waals surface area contributed by atoms with Crippen LogP contribution in [0.2, 0.25) is 0 Å². The molecule has 34 heavy (non-hydrogen) atoms. The maximum atomic E-state index is 13.1. The van der Waals surface area contributed by atoms with Crippen molar-refractivity contribution in [1.29, 1.82) is 5.26 Å². The van der Waals surface area contributed by atoms with Gasteiger partial charge in [-0.2, -0.15) is 5.26 Å². The summed E-state index contributed by atoms with van der Waals surface area (Å²) < 4.78 is 5.40. The highest BCUT2D eigenvalue weighted by atomic mass is 16.5. The van der Waals surface area contributed by atoms with Crippen molar-refractivity contribution in [2.75, 3.05) is 13.2 Å². The second kappa shape index (κ2) is 12.6. The number of nitriles is 1. The first-order valence-corrected chi connectivity index (χ1v) is 11.8. The van der Waals surface area contributed by atoms with Crippen molar-refractivity contribution in [1.82, 2.24) is 10.2 Å². The average Bonchev–Trinajstić information content (AvgIpc) is 3.01. The van der Waals surface area contributed by atoms with Gasteiger partial charge < -0.3 is 25.0 Å². The second-order valence-corrected chi connectivity index (χ2v) is 9.99. The van der Waals surface area contributed by atoms with E-state index in [1.54, 1.807) is 11.0 Å². The van der Waals surface area contributed by atoms with Crippen LogP contribution in [0.3, 0.4) is 0 Å². The number of benzene rings is 1. The number of aryl methyl sites for hydroxylation is 1. The molecule has 1 unspecified atom stereocenters. The maximum Gasteiger partial charge on any atom is 0.475 e. The summed E-state index contributed by atoms with van der Waals surface area (Å²) >= 11 is 0. The Labute approximate surface area is 202 Å². The Balaban J connectivity index is 2.04. The highest BCUT2D eigenvalue weighted by Crippen LogP contribution is 2.23. The van der Waals surface area contributed by atoms with Crippen LogP contribution < -0.4 is 5.32 Å². The van der Waals surface area contributed by atoms with E-state index in [1.807, 2.05) is 58.0 Å². The van der Waals surface area contributed by atoms with Crippen molar-refractivity contribution in [3.05, 3.63) is 47.0 Å². The molecule has 3 N–H and O–H groups in total. The molecule has 0 radical (unpaired) electrons. The number of nitrogens with zero attached hydrogens (tertiary/aromatic N) is 2. The van der Waals surface area contributed by atoms with Crippen LogP contribution in [0.1, 0.15) is 57.6 Å². The Morgan fingerprint density at radius 3 is 2.53 bits per heavy atom. The van der Waals surface area contributed by atoms with Gasteiger partial charge in [-0.15, -0.1) is 0 Å². The quantitative estimate of drug-likeness (QED) is 0.321. The van der Waals surface area contributed by atoms with Crippen molar-refractivity contribution >= 4 is 19.1 Å². The summed E-state index contributed by atoms with van der Waals surface area (Å²) in [7, 11) is -1.76. The van der Waals surface area contributed by atoms with Gasteiger partial charge in [-0.1, -0.05) is 69.5 Å². The number of likely N-dealkylation sites (tertiary alicyclic amines) is 1. The minimum Gasteiger partial charge on any atom is -0.447 e. The molecule has 0 aliphatic carbocycles. The summed E-state index contributed by atoms with van der Waals surface area (Å²) in [6, 6.07) is 9.22. The molecule has 1 aromatic carbocycles. The minimum atomic E-state index is -1.76. The van der Waals surface area contributed by atoms with Gasteiger partial charge in [-0.05, 0) is 37.2 Å². The van der Waals surface area contributed by atoms with Gasteiger partial charge in [0.25, 0.3) is 5.91 Å². The maximum absolute atomic E-state index is 13.1. The third-order valence-electron chi connectivity index (χ3n) is 5.71. The molecule has 9 heteroatoms. The van der Waals surface area contributed by atoms with Crippen molar-refractivity contribution in [3.8, 4) is 6.07 Å². The lowest BCUT2D eigenvalue weighted by atomic mass is 9.76. The molecule has 1 aliphatic heterocycles. The monoisotopic (exact) mass is 469 g/mol. The molecule has 184 valence electrons. The molecule has 2 atom stereocenters. The third kappa shape index (κ3) is 8.84. The van der Waals surface area contributed by atoms with E-state index < -0.39 is 19.2 Å². The number of hydrogen-bond donors (Lipinski definition) is 3. The van der Waals surface area contributed by atoms with Gasteiger partial charge in [0.15, 0.2) is 0 Å². The number of allylic oxidation sites excluding steroid dienone is 1. The summed E-state index contributed by atoms with van der Waals surface area (Å²) in [6.45, 7) is 8.18. The van der Waals surface area contributed by atoms with E-state index in [9.17, 15) is 24.9 Å². The molecular formula is C25H36BN3O5. The van der Waals surface area contributed by atoms with Gasteiger partial charge in [-0.25, -0.2) is 4.79 Å². The van der Waals surface area contributed by atoms with Gasteiger partial charge >= 0.3 is 13.2 Å². The van der Waals surface area contributed by atoms with Crippen molar-refractivity contribution in [3.63, 3.8) is 0 Å². The number of ether oxygens (including phenoxy) is 1. The summed E-state index contributed by atoms with van der Waals surface area (Å²) in [5, 5.41) is 31.5. The zero-order valence-electron chi connectivity index (χ0n) is 20.6. The molecule has 0 bridgehead atoms. The zero-order valence-corrected chi connectivity index (χ0v) is 20.6. The average molecular weight is 469 g/mol. The van der Waals surface area contributed by atoms with Crippen molar-refractivity contribution in [2.45, 2.75) is 71.8 Å². The van der Waals surface area contributed by atoms with E-state index in [0.717, 1.165) is 30.4 Å². The SMILES string of the molecule is Cc1ccc(CC(NC(=O)OC[C@@H]2CCCCCN2C(=O)C(C#N)=CC(C)(C)C)B(O)O)cc1. The summed E-state index contributed by atoms with van der Waals surface area (Å²) in [4.78, 5) is 27.2. The fourth-order valence-corrected chi connectivity index (χ4v) is 3.92. The lowest BCUT2D eigenvalue weighted by Crippen LogP contribution is -2.49. The van der Waals surface area contributed by atoms with Gasteiger partial charge in [-0.3, -0.25) is 4.79 Å². The fourth-order valence-electron chi connectivity index (χ4n) is 3.92. The van der Waals surface area contributed by atoms with Crippen molar-refractivity contribution in [2.24, 2.45) is 5.41 Å². The van der Waals surface area contributed by atoms with Gasteiger partial charge in [0, 0.05) is 6.54 Å². The molecular weight excluding hydrogens is 433 g/mol. The van der Waals surface area contributed by atoms with E-state index >= 15 is 0 Å². The van der Waals surface area contributed by atoms with Crippen LogP contribution in [0.5, 0.6) is 0 Å². The van der Waals surface area contributed by atoms with Crippen LogP contribution in [0.15, 0.2) is 35.9 Å². The first kappa shape index (κ1) is 27.4. The number of carbonyl (C=O) groups is 2. The number of carbonyl (C=O) groups excluding carboxylic acids is 2. The normalized spacial score (nSPS) is 17.9. The smallest absolute Gasteiger partial charge is 0.447 e. The van der Waals surface area contributed by atoms with Crippen LogP contribution in [0.4, 0.5) is 4.79 Å². The summed E-state index contributed by atoms with van der Waals surface area (Å²) in [6.07, 6.45) is 4.42. The Morgan fingerprint density at radius 2 is 1.94 bits per heavy atom. The number of hydrogen-bond acceptors (Lipinski definition) is 6. The third-order valence-corrected chi connectivity index (χ3v) is 5.71. The van der Waals surface area contributed by atoms with Gasteiger partial charge in [0.2, 0.25) is 0 Å². The van der Waals surface area contributed by atoms with Crippen LogP contribution in [0, 0.1) is 23.7 Å². The highest BCUT2D eigenvalue weighted by molar-refractivity contribution is 6.43. The number of alkyl carbamates (subject to hydrolysis) is 1. The fraction of sp³-hybridized carbons (Fsp3) is 0.560. The molecule has 1 aliphatic rings. The highest BCUT2D eigenvalue weighted by Gasteiger charge is 2.31. The predicted molar refractivity (Wildman–Crippen MR) is 130 cm³/mol. The standard InChI is InChI=1S/C25H36BN3O5/c1-18-9-11-19(12-10-18)14-22(26(32)33)28-24(31)34-17-21-8-6-5-7-13-29(21)23(30)20(16-27)15-25(2,3)4/h9-12,15,21-22,32-33H,5-8,13-14,17H2,1-4H3,(H,28,31)/t21-,22?/m0/s1. The van der Waals surface area contributed by atoms with E-state index in [-0.39, 0.29) is 36.0 Å². The van der Waals surface area contributed by atoms with Crippen LogP contribution >= 0.6 is 0 Å². The minimum absolute atomic E-state index is 0.0371. The van der Waals surface area contributed by atoms with Gasteiger partial charge in [0.1, 0.15) is 18.2 Å². The Bertz CT molecular complexity index is 903. The Kier molecular flexibility index (Phi) is 10.1. The zero-order chi connectivity index (χ0) is 25.3. The topological polar surface area (TPSA) is 123 Å². The molecule has 0 aromatic heterocycles. The summed E-state index contributed by atoms with van der Waals surface area (Å²) in [5.41, 5.74) is 1.69. The molecule has 0 spiro atoms. The van der Waals surface area contributed by atoms with Crippen LogP contribution in [-0.4, -0.2) is 59.2 Å². The molecule has 1 saturated heterocycles. The molecule has 0 saturated carbocycles. The van der Waals surface area contributed by atoms with Crippen LogP contribution in [-0.2, 0) is 16.0 Å². The molecule has 1 fully saturated rings. The lowest BCUT2D eigenvalue weighted by Gasteiger charge is -2.30. The van der Waals surface area contributed by atoms with Gasteiger partial charge in [0.05, 0.1) is 12.0 Å². The number of rotatable bonds is 7. The second-order valence-electron chi connectivity index (χ2n) is 9.99. The lowest BCUT2D eigenvalue weighted by molar-refractivity contribution is -0.129. The van der Waals surface area contributed by atoms with E-state index in [0.29, 0.717) is 13.0 Å². The van der Waals surface area contributed by atoms with E-state index in [2.05, 4.69) is 5.32 Å². The molecule has 2 rings (SSSR count). The van der Waals surface area contributed by atoms with E-state index in [4.69, 9.17) is 4.74 Å². The van der Waals surface area contributed by atoms with Crippen LogP contribution in [0.25, 0.3) is 0 Å². The molecule has 1 aromatic rings.